The molecule has 1 unspecified atom stereocenters. The van der Waals surface area contributed by atoms with E-state index in [1.807, 2.05) is 44.2 Å². The Morgan fingerprint density at radius 3 is 2.67 bits per heavy atom. The Bertz CT molecular complexity index is 555. The molecular weight excluding hydrogens is 224 g/mol. The summed E-state index contributed by atoms with van der Waals surface area (Å²) in [6, 6.07) is 11.8. The molecule has 2 rings (SSSR count). The Morgan fingerprint density at radius 1 is 1.28 bits per heavy atom. The van der Waals surface area contributed by atoms with Crippen molar-refractivity contribution >= 4 is 5.78 Å². The maximum Gasteiger partial charge on any atom is 0.203 e. The number of benzene rings is 1. The van der Waals surface area contributed by atoms with E-state index in [1.54, 1.807) is 29.1 Å². The summed E-state index contributed by atoms with van der Waals surface area (Å²) >= 11 is 0. The van der Waals surface area contributed by atoms with Gasteiger partial charge in [-0.05, 0) is 31.6 Å². The lowest BCUT2D eigenvalue weighted by Gasteiger charge is -2.14. The Hall–Kier alpha value is -2.16. The Kier molecular flexibility index (Phi) is 3.72. The van der Waals surface area contributed by atoms with Gasteiger partial charge in [-0.25, -0.2) is 0 Å². The quantitative estimate of drug-likeness (QED) is 0.607. The van der Waals surface area contributed by atoms with E-state index in [1.165, 1.54) is 0 Å². The van der Waals surface area contributed by atoms with Gasteiger partial charge < -0.3 is 0 Å². The van der Waals surface area contributed by atoms with Crippen molar-refractivity contribution < 1.29 is 4.79 Å². The highest BCUT2D eigenvalue weighted by Gasteiger charge is 2.15. The second-order valence-electron chi connectivity index (χ2n) is 4.11. The molecule has 2 aromatic rings. The second kappa shape index (κ2) is 5.45. The smallest absolute Gasteiger partial charge is 0.203 e. The van der Waals surface area contributed by atoms with Crippen molar-refractivity contribution in [3.8, 4) is 0 Å². The molecule has 0 fully saturated rings. The van der Waals surface area contributed by atoms with Gasteiger partial charge in [0.05, 0.1) is 6.04 Å². The summed E-state index contributed by atoms with van der Waals surface area (Å²) in [6.45, 7) is 3.87. The number of rotatable bonds is 4. The van der Waals surface area contributed by atoms with Gasteiger partial charge in [0.1, 0.15) is 5.69 Å². The zero-order valence-electron chi connectivity index (χ0n) is 10.6. The van der Waals surface area contributed by atoms with Crippen molar-refractivity contribution in [1.29, 1.82) is 0 Å². The first kappa shape index (κ1) is 12.3. The topological polar surface area (TPSA) is 34.9 Å². The van der Waals surface area contributed by atoms with Crippen LogP contribution in [0, 0.1) is 0 Å². The number of carbonyl (C=O) groups is 1. The lowest BCUT2D eigenvalue weighted by molar-refractivity contribution is 0.103. The first-order valence-electron chi connectivity index (χ1n) is 5.99. The predicted molar refractivity (Wildman–Crippen MR) is 71.6 cm³/mol. The average Bonchev–Trinajstić information content (AvgIpc) is 2.88. The van der Waals surface area contributed by atoms with Crippen molar-refractivity contribution in [1.82, 2.24) is 9.78 Å². The maximum atomic E-state index is 11.9. The van der Waals surface area contributed by atoms with E-state index in [-0.39, 0.29) is 11.8 Å². The Morgan fingerprint density at radius 2 is 2.00 bits per heavy atom. The van der Waals surface area contributed by atoms with Gasteiger partial charge in [-0.1, -0.05) is 36.4 Å². The maximum absolute atomic E-state index is 11.9. The summed E-state index contributed by atoms with van der Waals surface area (Å²) in [5.74, 6) is -0.0159. The third-order valence-corrected chi connectivity index (χ3v) is 2.89. The van der Waals surface area contributed by atoms with Crippen LogP contribution in [0.1, 0.15) is 35.9 Å². The fraction of sp³-hybridized carbons (Fsp3) is 0.200. The van der Waals surface area contributed by atoms with Crippen molar-refractivity contribution in [2.45, 2.75) is 19.9 Å². The minimum Gasteiger partial charge on any atom is -0.288 e. The van der Waals surface area contributed by atoms with Gasteiger partial charge in [-0.3, -0.25) is 9.48 Å². The van der Waals surface area contributed by atoms with E-state index >= 15 is 0 Å². The van der Waals surface area contributed by atoms with Crippen molar-refractivity contribution in [3.63, 3.8) is 0 Å². The van der Waals surface area contributed by atoms with Gasteiger partial charge in [-0.15, -0.1) is 0 Å². The van der Waals surface area contributed by atoms with Crippen LogP contribution in [-0.2, 0) is 0 Å². The highest BCUT2D eigenvalue weighted by molar-refractivity contribution is 6.03. The Labute approximate surface area is 107 Å². The monoisotopic (exact) mass is 240 g/mol. The molecule has 1 atom stereocenters. The number of allylic oxidation sites excluding steroid dienone is 2. The highest BCUT2D eigenvalue weighted by atomic mass is 16.1. The van der Waals surface area contributed by atoms with Crippen LogP contribution in [0.3, 0.4) is 0 Å². The molecule has 0 saturated heterocycles. The molecule has 1 aromatic heterocycles. The summed E-state index contributed by atoms with van der Waals surface area (Å²) in [7, 11) is 0. The summed E-state index contributed by atoms with van der Waals surface area (Å²) < 4.78 is 1.76. The van der Waals surface area contributed by atoms with Gasteiger partial charge >= 0.3 is 0 Å². The van der Waals surface area contributed by atoms with E-state index < -0.39 is 0 Å². The molecule has 0 amide bonds. The average molecular weight is 240 g/mol. The third-order valence-electron chi connectivity index (χ3n) is 2.89. The normalized spacial score (nSPS) is 12.8. The lowest BCUT2D eigenvalue weighted by atomic mass is 10.1. The fourth-order valence-corrected chi connectivity index (χ4v) is 1.93. The number of aromatic nitrogens is 2. The third kappa shape index (κ3) is 2.40. The molecule has 1 heterocycles. The van der Waals surface area contributed by atoms with E-state index in [0.717, 1.165) is 5.56 Å². The number of hydrogen-bond acceptors (Lipinski definition) is 2. The Balaban J connectivity index is 2.35. The zero-order valence-corrected chi connectivity index (χ0v) is 10.6. The molecule has 0 aliphatic rings. The SMILES string of the molecule is C/C=C\C(=O)c1ccnn1C(C)c1ccccc1. The van der Waals surface area contributed by atoms with Gasteiger partial charge in [0, 0.05) is 6.20 Å². The minimum atomic E-state index is -0.0159. The molecule has 0 bridgehead atoms. The van der Waals surface area contributed by atoms with Crippen LogP contribution in [0.15, 0.2) is 54.7 Å². The van der Waals surface area contributed by atoms with E-state index in [4.69, 9.17) is 0 Å². The van der Waals surface area contributed by atoms with Crippen LogP contribution >= 0.6 is 0 Å². The van der Waals surface area contributed by atoms with Crippen LogP contribution in [-0.4, -0.2) is 15.6 Å². The van der Waals surface area contributed by atoms with E-state index in [0.29, 0.717) is 5.69 Å². The molecule has 0 spiro atoms. The van der Waals surface area contributed by atoms with Gasteiger partial charge in [0.25, 0.3) is 0 Å². The lowest BCUT2D eigenvalue weighted by Crippen LogP contribution is -2.14. The minimum absolute atomic E-state index is 0.0159. The van der Waals surface area contributed by atoms with E-state index in [2.05, 4.69) is 5.10 Å². The molecule has 0 aliphatic heterocycles. The van der Waals surface area contributed by atoms with Gasteiger partial charge in [0.2, 0.25) is 5.78 Å². The summed E-state index contributed by atoms with van der Waals surface area (Å²) in [4.78, 5) is 11.9. The molecule has 0 N–H and O–H groups in total. The fourth-order valence-electron chi connectivity index (χ4n) is 1.93. The van der Waals surface area contributed by atoms with Gasteiger partial charge in [0.15, 0.2) is 0 Å². The number of carbonyl (C=O) groups excluding carboxylic acids is 1. The molecule has 92 valence electrons. The highest BCUT2D eigenvalue weighted by Crippen LogP contribution is 2.18. The molecule has 3 heteroatoms. The first-order chi connectivity index (χ1) is 8.74. The molecule has 18 heavy (non-hydrogen) atoms. The largest absolute Gasteiger partial charge is 0.288 e. The molecular formula is C15H16N2O. The van der Waals surface area contributed by atoms with Gasteiger partial charge in [-0.2, -0.15) is 5.10 Å². The van der Waals surface area contributed by atoms with Crippen LogP contribution in [0.5, 0.6) is 0 Å². The molecule has 3 nitrogen and oxygen atoms in total. The number of ketones is 1. The zero-order chi connectivity index (χ0) is 13.0. The predicted octanol–water partition coefficient (Wildman–Crippen LogP) is 3.25. The van der Waals surface area contributed by atoms with Crippen LogP contribution in [0.4, 0.5) is 0 Å². The van der Waals surface area contributed by atoms with Crippen molar-refractivity contribution in [3.05, 3.63) is 66.0 Å². The van der Waals surface area contributed by atoms with Crippen molar-refractivity contribution in [2.24, 2.45) is 0 Å². The molecule has 0 saturated carbocycles. The number of nitrogens with zero attached hydrogens (tertiary/aromatic N) is 2. The van der Waals surface area contributed by atoms with Crippen LogP contribution < -0.4 is 0 Å². The first-order valence-corrected chi connectivity index (χ1v) is 5.99. The van der Waals surface area contributed by atoms with E-state index in [9.17, 15) is 4.79 Å². The molecule has 1 aromatic carbocycles. The molecule has 0 aliphatic carbocycles. The summed E-state index contributed by atoms with van der Waals surface area (Å²) in [5.41, 5.74) is 1.75. The van der Waals surface area contributed by atoms with Crippen molar-refractivity contribution in [2.75, 3.05) is 0 Å². The second-order valence-corrected chi connectivity index (χ2v) is 4.11. The summed E-state index contributed by atoms with van der Waals surface area (Å²) in [6.07, 6.45) is 4.97. The van der Waals surface area contributed by atoms with Crippen LogP contribution in [0.2, 0.25) is 0 Å². The standard InChI is InChI=1S/C15H16N2O/c1-3-7-15(18)14-10-11-16-17(14)12(2)13-8-5-4-6-9-13/h3-12H,1-2H3/b7-3-. The summed E-state index contributed by atoms with van der Waals surface area (Å²) in [5, 5.41) is 4.26. The van der Waals surface area contributed by atoms with Crippen LogP contribution in [0.25, 0.3) is 0 Å². The number of hydrogen-bond donors (Lipinski definition) is 0. The molecule has 0 radical (unpaired) electrons.